The minimum absolute atomic E-state index is 0.251. The van der Waals surface area contributed by atoms with Gasteiger partial charge in [-0.05, 0) is 25.5 Å². The monoisotopic (exact) mass is 308 g/mol. The van der Waals surface area contributed by atoms with Gasteiger partial charge >= 0.3 is 0 Å². The van der Waals surface area contributed by atoms with Crippen molar-refractivity contribution in [2.24, 2.45) is 0 Å². The molecule has 0 spiro atoms. The highest BCUT2D eigenvalue weighted by molar-refractivity contribution is 6.30. The number of carbonyl (C=O) groups is 1. The van der Waals surface area contributed by atoms with Crippen molar-refractivity contribution in [1.82, 2.24) is 10.5 Å². The van der Waals surface area contributed by atoms with Gasteiger partial charge in [0.05, 0.1) is 0 Å². The summed E-state index contributed by atoms with van der Waals surface area (Å²) in [7, 11) is 0. The molecule has 0 aliphatic carbocycles. The SMILES string of the molecule is CCOCCCNC(=O)c1cc(-c2cccc(Cl)c2)on1. The second kappa shape index (κ2) is 7.81. The number of hydrogen-bond donors (Lipinski definition) is 1. The lowest BCUT2D eigenvalue weighted by molar-refractivity contribution is 0.0935. The summed E-state index contributed by atoms with van der Waals surface area (Å²) in [6.07, 6.45) is 0.762. The predicted octanol–water partition coefficient (Wildman–Crippen LogP) is 3.15. The molecule has 0 bridgehead atoms. The summed E-state index contributed by atoms with van der Waals surface area (Å²) in [4.78, 5) is 11.9. The summed E-state index contributed by atoms with van der Waals surface area (Å²) in [5, 5.41) is 7.14. The second-order valence-corrected chi connectivity index (χ2v) is 4.83. The van der Waals surface area contributed by atoms with Crippen LogP contribution < -0.4 is 5.32 Å². The van der Waals surface area contributed by atoms with Crippen molar-refractivity contribution in [2.45, 2.75) is 13.3 Å². The zero-order valence-electron chi connectivity index (χ0n) is 11.8. The van der Waals surface area contributed by atoms with Gasteiger partial charge in [0.2, 0.25) is 0 Å². The van der Waals surface area contributed by atoms with E-state index in [1.807, 2.05) is 19.1 Å². The number of aromatic nitrogens is 1. The Bertz CT molecular complexity index is 598. The van der Waals surface area contributed by atoms with E-state index in [9.17, 15) is 4.79 Å². The number of amides is 1. The Balaban J connectivity index is 1.92. The van der Waals surface area contributed by atoms with E-state index in [1.54, 1.807) is 18.2 Å². The number of hydrogen-bond acceptors (Lipinski definition) is 4. The van der Waals surface area contributed by atoms with Gasteiger partial charge in [0, 0.05) is 36.4 Å². The first-order chi connectivity index (χ1) is 10.2. The van der Waals surface area contributed by atoms with Gasteiger partial charge in [-0.2, -0.15) is 0 Å². The van der Waals surface area contributed by atoms with Gasteiger partial charge in [0.25, 0.3) is 5.91 Å². The first-order valence-corrected chi connectivity index (χ1v) is 7.17. The van der Waals surface area contributed by atoms with Gasteiger partial charge in [-0.25, -0.2) is 0 Å². The van der Waals surface area contributed by atoms with Gasteiger partial charge in [0.1, 0.15) is 0 Å². The largest absolute Gasteiger partial charge is 0.382 e. The summed E-state index contributed by atoms with van der Waals surface area (Å²) >= 11 is 5.92. The average molecular weight is 309 g/mol. The maximum Gasteiger partial charge on any atom is 0.273 e. The standard InChI is InChI=1S/C15H17ClN2O3/c1-2-20-8-4-7-17-15(19)13-10-14(21-18-13)11-5-3-6-12(16)9-11/h3,5-6,9-10H,2,4,7-8H2,1H3,(H,17,19). The van der Waals surface area contributed by atoms with E-state index in [2.05, 4.69) is 10.5 Å². The Kier molecular flexibility index (Phi) is 5.78. The minimum atomic E-state index is -0.261. The van der Waals surface area contributed by atoms with E-state index in [1.165, 1.54) is 0 Å². The van der Waals surface area contributed by atoms with Crippen LogP contribution in [0.5, 0.6) is 0 Å². The van der Waals surface area contributed by atoms with Gasteiger partial charge < -0.3 is 14.6 Å². The minimum Gasteiger partial charge on any atom is -0.382 e. The molecule has 0 fully saturated rings. The van der Waals surface area contributed by atoms with Crippen molar-refractivity contribution in [3.8, 4) is 11.3 Å². The molecular weight excluding hydrogens is 292 g/mol. The van der Waals surface area contributed by atoms with E-state index in [0.717, 1.165) is 12.0 Å². The van der Waals surface area contributed by atoms with E-state index in [4.69, 9.17) is 20.9 Å². The van der Waals surface area contributed by atoms with Crippen LogP contribution >= 0.6 is 11.6 Å². The summed E-state index contributed by atoms with van der Waals surface area (Å²) in [5.74, 6) is 0.250. The molecule has 2 aromatic rings. The Hall–Kier alpha value is -1.85. The molecule has 1 heterocycles. The van der Waals surface area contributed by atoms with Crippen LogP contribution in [0.15, 0.2) is 34.9 Å². The van der Waals surface area contributed by atoms with E-state index in [-0.39, 0.29) is 11.6 Å². The summed E-state index contributed by atoms with van der Waals surface area (Å²) in [6.45, 7) is 3.78. The van der Waals surface area contributed by atoms with Crippen LogP contribution in [0, 0.1) is 0 Å². The summed E-state index contributed by atoms with van der Waals surface area (Å²) < 4.78 is 10.4. The molecule has 6 heteroatoms. The van der Waals surface area contributed by atoms with Crippen molar-refractivity contribution < 1.29 is 14.1 Å². The molecule has 0 atom stereocenters. The Morgan fingerprint density at radius 3 is 3.05 bits per heavy atom. The molecular formula is C15H17ClN2O3. The second-order valence-electron chi connectivity index (χ2n) is 4.39. The zero-order valence-corrected chi connectivity index (χ0v) is 12.5. The average Bonchev–Trinajstić information content (AvgIpc) is 2.97. The van der Waals surface area contributed by atoms with Crippen LogP contribution in [-0.2, 0) is 4.74 Å². The fourth-order valence-corrected chi connectivity index (χ4v) is 1.96. The Labute approximate surface area is 128 Å². The highest BCUT2D eigenvalue weighted by atomic mass is 35.5. The highest BCUT2D eigenvalue weighted by Crippen LogP contribution is 2.23. The number of nitrogens with one attached hydrogen (secondary N) is 1. The van der Waals surface area contributed by atoms with Crippen LogP contribution in [0.2, 0.25) is 5.02 Å². The van der Waals surface area contributed by atoms with Crippen molar-refractivity contribution >= 4 is 17.5 Å². The van der Waals surface area contributed by atoms with Gasteiger partial charge in [-0.15, -0.1) is 0 Å². The van der Waals surface area contributed by atoms with Crippen molar-refractivity contribution in [2.75, 3.05) is 19.8 Å². The number of nitrogens with zero attached hydrogens (tertiary/aromatic N) is 1. The van der Waals surface area contributed by atoms with Crippen LogP contribution in [0.25, 0.3) is 11.3 Å². The summed E-state index contributed by atoms with van der Waals surface area (Å²) in [5.41, 5.74) is 1.03. The maximum atomic E-state index is 11.9. The molecule has 1 aromatic carbocycles. The number of carbonyl (C=O) groups excluding carboxylic acids is 1. The molecule has 21 heavy (non-hydrogen) atoms. The number of benzene rings is 1. The van der Waals surface area contributed by atoms with E-state index in [0.29, 0.717) is 30.5 Å². The molecule has 0 unspecified atom stereocenters. The van der Waals surface area contributed by atoms with Crippen LogP contribution in [0.4, 0.5) is 0 Å². The Morgan fingerprint density at radius 1 is 1.43 bits per heavy atom. The first-order valence-electron chi connectivity index (χ1n) is 6.79. The molecule has 1 N–H and O–H groups in total. The molecule has 0 radical (unpaired) electrons. The molecule has 0 saturated heterocycles. The topological polar surface area (TPSA) is 64.4 Å². The quantitative estimate of drug-likeness (QED) is 0.798. The number of rotatable bonds is 7. The van der Waals surface area contributed by atoms with E-state index >= 15 is 0 Å². The number of halogens is 1. The third kappa shape index (κ3) is 4.58. The Morgan fingerprint density at radius 2 is 2.29 bits per heavy atom. The van der Waals surface area contributed by atoms with E-state index < -0.39 is 0 Å². The fraction of sp³-hybridized carbons (Fsp3) is 0.333. The molecule has 0 saturated carbocycles. The third-order valence-corrected chi connectivity index (χ3v) is 3.04. The van der Waals surface area contributed by atoms with Crippen molar-refractivity contribution in [3.63, 3.8) is 0 Å². The van der Waals surface area contributed by atoms with Gasteiger partial charge in [0.15, 0.2) is 11.5 Å². The van der Waals surface area contributed by atoms with Crippen LogP contribution in [0.1, 0.15) is 23.8 Å². The van der Waals surface area contributed by atoms with Gasteiger partial charge in [-0.3, -0.25) is 4.79 Å². The van der Waals surface area contributed by atoms with Crippen molar-refractivity contribution in [1.29, 1.82) is 0 Å². The molecule has 112 valence electrons. The molecule has 2 rings (SSSR count). The number of ether oxygens (including phenoxy) is 1. The lowest BCUT2D eigenvalue weighted by atomic mass is 10.1. The maximum absolute atomic E-state index is 11.9. The third-order valence-electron chi connectivity index (χ3n) is 2.81. The van der Waals surface area contributed by atoms with Gasteiger partial charge in [-0.1, -0.05) is 28.9 Å². The molecule has 5 nitrogen and oxygen atoms in total. The lowest BCUT2D eigenvalue weighted by Gasteiger charge is -2.02. The normalized spacial score (nSPS) is 10.6. The predicted molar refractivity (Wildman–Crippen MR) is 80.4 cm³/mol. The zero-order chi connectivity index (χ0) is 15.1. The molecule has 0 aliphatic rings. The van der Waals surface area contributed by atoms with Crippen LogP contribution in [-0.4, -0.2) is 30.8 Å². The molecule has 1 amide bonds. The van der Waals surface area contributed by atoms with Crippen LogP contribution in [0.3, 0.4) is 0 Å². The highest BCUT2D eigenvalue weighted by Gasteiger charge is 2.13. The first kappa shape index (κ1) is 15.5. The smallest absolute Gasteiger partial charge is 0.273 e. The summed E-state index contributed by atoms with van der Waals surface area (Å²) in [6, 6.07) is 8.78. The molecule has 0 aliphatic heterocycles. The lowest BCUT2D eigenvalue weighted by Crippen LogP contribution is -2.25. The van der Waals surface area contributed by atoms with Crippen molar-refractivity contribution in [3.05, 3.63) is 41.0 Å². The molecule has 1 aromatic heterocycles. The fourth-order valence-electron chi connectivity index (χ4n) is 1.77.